The summed E-state index contributed by atoms with van der Waals surface area (Å²) in [6.07, 6.45) is 1.49. The van der Waals surface area contributed by atoms with Crippen molar-refractivity contribution in [1.29, 1.82) is 0 Å². The first-order chi connectivity index (χ1) is 10.8. The Labute approximate surface area is 141 Å². The molecule has 0 spiro atoms. The van der Waals surface area contributed by atoms with E-state index in [1.54, 1.807) is 0 Å². The molecule has 0 amide bonds. The molecule has 1 heterocycles. The second-order valence-corrected chi connectivity index (χ2v) is 10.2. The van der Waals surface area contributed by atoms with E-state index in [0.717, 1.165) is 24.8 Å². The summed E-state index contributed by atoms with van der Waals surface area (Å²) < 4.78 is 18.7. The van der Waals surface area contributed by atoms with Crippen molar-refractivity contribution in [3.63, 3.8) is 0 Å². The monoisotopic (exact) mass is 337 g/mol. The molecule has 1 atom stereocenters. The lowest BCUT2D eigenvalue weighted by atomic mass is 9.70. The van der Waals surface area contributed by atoms with Gasteiger partial charge in [-0.15, -0.1) is 0 Å². The minimum absolute atomic E-state index is 0.0372. The lowest BCUT2D eigenvalue weighted by Crippen LogP contribution is -2.69. The zero-order valence-electron chi connectivity index (χ0n) is 15.1. The lowest BCUT2D eigenvalue weighted by Gasteiger charge is -2.54. The van der Waals surface area contributed by atoms with Crippen LogP contribution in [0.2, 0.25) is 0 Å². The van der Waals surface area contributed by atoms with Gasteiger partial charge in [-0.2, -0.15) is 0 Å². The Balaban J connectivity index is 2.38. The fourth-order valence-corrected chi connectivity index (χ4v) is 6.50. The highest BCUT2D eigenvalue weighted by Gasteiger charge is 2.55. The fourth-order valence-electron chi connectivity index (χ4n) is 3.28. The Morgan fingerprint density at radius 2 is 1.87 bits per heavy atom. The van der Waals surface area contributed by atoms with Crippen LogP contribution in [0.15, 0.2) is 30.3 Å². The van der Waals surface area contributed by atoms with Gasteiger partial charge in [0.25, 0.3) is 0 Å². The molecule has 23 heavy (non-hydrogen) atoms. The SMILES string of the molecule is CCC1(C(C)(C)O[Si](CN)(OC(C)C)c2ccccc2)COC1. The highest BCUT2D eigenvalue weighted by Crippen LogP contribution is 2.45. The van der Waals surface area contributed by atoms with E-state index >= 15 is 0 Å². The van der Waals surface area contributed by atoms with Crippen molar-refractivity contribution in [2.45, 2.75) is 52.7 Å². The lowest BCUT2D eigenvalue weighted by molar-refractivity contribution is -0.207. The highest BCUT2D eigenvalue weighted by molar-refractivity contribution is 6.81. The van der Waals surface area contributed by atoms with Crippen LogP contribution in [0.1, 0.15) is 41.0 Å². The molecule has 1 aromatic rings. The third-order valence-corrected chi connectivity index (χ3v) is 8.48. The van der Waals surface area contributed by atoms with Crippen molar-refractivity contribution in [3.8, 4) is 0 Å². The Morgan fingerprint density at radius 1 is 1.26 bits per heavy atom. The maximum absolute atomic E-state index is 6.78. The largest absolute Gasteiger partial charge is 0.388 e. The molecule has 2 rings (SSSR count). The number of hydrogen-bond acceptors (Lipinski definition) is 4. The smallest absolute Gasteiger partial charge is 0.387 e. The minimum atomic E-state index is -2.73. The van der Waals surface area contributed by atoms with Crippen molar-refractivity contribution in [2.24, 2.45) is 11.1 Å². The average molecular weight is 338 g/mol. The first-order valence-corrected chi connectivity index (χ1v) is 10.5. The highest BCUT2D eigenvalue weighted by atomic mass is 28.4. The standard InChI is InChI=1S/C18H31NO3Si/c1-6-18(12-20-13-18)17(4,5)22-23(14-19,21-15(2)3)16-10-8-7-9-11-16/h7-11,15H,6,12-14,19H2,1-5H3. The molecule has 0 aromatic heterocycles. The van der Waals surface area contributed by atoms with Crippen LogP contribution in [-0.2, 0) is 13.6 Å². The second-order valence-electron chi connectivity index (χ2n) is 7.23. The maximum Gasteiger partial charge on any atom is 0.387 e. The Kier molecular flexibility index (Phi) is 5.69. The zero-order chi connectivity index (χ0) is 17.1. The van der Waals surface area contributed by atoms with Gasteiger partial charge in [0.2, 0.25) is 0 Å². The van der Waals surface area contributed by atoms with Gasteiger partial charge in [-0.05, 0) is 39.3 Å². The molecule has 1 fully saturated rings. The Hall–Kier alpha value is -0.723. The topological polar surface area (TPSA) is 53.7 Å². The fraction of sp³-hybridized carbons (Fsp3) is 0.667. The van der Waals surface area contributed by atoms with Gasteiger partial charge >= 0.3 is 8.56 Å². The number of ether oxygens (including phenoxy) is 1. The van der Waals surface area contributed by atoms with E-state index in [2.05, 4.69) is 32.9 Å². The van der Waals surface area contributed by atoms with Crippen molar-refractivity contribution in [1.82, 2.24) is 0 Å². The molecule has 1 unspecified atom stereocenters. The average Bonchev–Trinajstić information content (AvgIpc) is 2.45. The van der Waals surface area contributed by atoms with Gasteiger partial charge in [-0.25, -0.2) is 0 Å². The summed E-state index contributed by atoms with van der Waals surface area (Å²) in [5, 5.41) is 1.09. The van der Waals surface area contributed by atoms with Crippen molar-refractivity contribution >= 4 is 13.7 Å². The molecule has 2 N–H and O–H groups in total. The van der Waals surface area contributed by atoms with Crippen LogP contribution in [0.4, 0.5) is 0 Å². The van der Waals surface area contributed by atoms with E-state index in [-0.39, 0.29) is 17.1 Å². The van der Waals surface area contributed by atoms with Crippen LogP contribution in [0.25, 0.3) is 0 Å². The van der Waals surface area contributed by atoms with Crippen LogP contribution in [-0.4, -0.2) is 39.6 Å². The molecule has 5 heteroatoms. The third-order valence-electron chi connectivity index (χ3n) is 5.04. The molecule has 0 bridgehead atoms. The first-order valence-electron chi connectivity index (χ1n) is 8.52. The van der Waals surface area contributed by atoms with E-state index in [9.17, 15) is 0 Å². The third kappa shape index (κ3) is 3.54. The molecule has 0 saturated carbocycles. The summed E-state index contributed by atoms with van der Waals surface area (Å²) in [5.74, 6) is 0. The summed E-state index contributed by atoms with van der Waals surface area (Å²) in [6, 6.07) is 10.2. The van der Waals surface area contributed by atoms with Crippen LogP contribution in [0.3, 0.4) is 0 Å². The summed E-state index contributed by atoms with van der Waals surface area (Å²) >= 11 is 0. The molecule has 1 aliphatic rings. The molecular weight excluding hydrogens is 306 g/mol. The molecule has 130 valence electrons. The Bertz CT molecular complexity index is 497. The van der Waals surface area contributed by atoms with E-state index in [1.807, 2.05) is 32.0 Å². The van der Waals surface area contributed by atoms with Crippen molar-refractivity contribution in [2.75, 3.05) is 19.4 Å². The number of hydrogen-bond donors (Lipinski definition) is 1. The van der Waals surface area contributed by atoms with Gasteiger partial charge in [0.05, 0.1) is 18.8 Å². The quantitative estimate of drug-likeness (QED) is 0.741. The Morgan fingerprint density at radius 3 is 2.26 bits per heavy atom. The molecule has 4 nitrogen and oxygen atoms in total. The maximum atomic E-state index is 6.78. The van der Waals surface area contributed by atoms with Gasteiger partial charge < -0.3 is 19.3 Å². The summed E-state index contributed by atoms with van der Waals surface area (Å²) in [7, 11) is -2.73. The van der Waals surface area contributed by atoms with Crippen LogP contribution >= 0.6 is 0 Å². The summed E-state index contributed by atoms with van der Waals surface area (Å²) in [6.45, 7) is 12.1. The van der Waals surface area contributed by atoms with Crippen LogP contribution in [0.5, 0.6) is 0 Å². The van der Waals surface area contributed by atoms with Gasteiger partial charge in [0, 0.05) is 17.7 Å². The first kappa shape index (κ1) is 18.6. The minimum Gasteiger partial charge on any atom is -0.388 e. The van der Waals surface area contributed by atoms with Crippen LogP contribution < -0.4 is 10.9 Å². The van der Waals surface area contributed by atoms with E-state index < -0.39 is 8.56 Å². The van der Waals surface area contributed by atoms with Crippen LogP contribution in [0, 0.1) is 5.41 Å². The second kappa shape index (κ2) is 7.03. The number of nitrogens with two attached hydrogens (primary N) is 1. The molecule has 0 aliphatic carbocycles. The van der Waals surface area contributed by atoms with Crippen molar-refractivity contribution < 1.29 is 13.6 Å². The van der Waals surface area contributed by atoms with Gasteiger partial charge in [0.15, 0.2) is 0 Å². The summed E-state index contributed by atoms with van der Waals surface area (Å²) in [5.41, 5.74) is 5.91. The van der Waals surface area contributed by atoms with E-state index in [0.29, 0.717) is 6.17 Å². The van der Waals surface area contributed by atoms with Crippen molar-refractivity contribution in [3.05, 3.63) is 30.3 Å². The molecular formula is C18H31NO3Si. The van der Waals surface area contributed by atoms with Gasteiger partial charge in [-0.1, -0.05) is 37.3 Å². The number of rotatable bonds is 8. The molecule has 1 aliphatic heterocycles. The zero-order valence-corrected chi connectivity index (χ0v) is 16.1. The summed E-state index contributed by atoms with van der Waals surface area (Å²) in [4.78, 5) is 0. The van der Waals surface area contributed by atoms with Gasteiger partial charge in [-0.3, -0.25) is 0 Å². The normalized spacial score (nSPS) is 20.1. The van der Waals surface area contributed by atoms with Gasteiger partial charge in [0.1, 0.15) is 0 Å². The molecule has 0 radical (unpaired) electrons. The van der Waals surface area contributed by atoms with E-state index in [4.69, 9.17) is 19.3 Å². The predicted octanol–water partition coefficient (Wildman–Crippen LogP) is 2.48. The number of benzene rings is 1. The molecule has 1 saturated heterocycles. The predicted molar refractivity (Wildman–Crippen MR) is 95.8 cm³/mol. The van der Waals surface area contributed by atoms with E-state index in [1.165, 1.54) is 0 Å². The molecule has 1 aromatic carbocycles.